The van der Waals surface area contributed by atoms with Crippen LogP contribution >= 0.6 is 11.6 Å². The van der Waals surface area contributed by atoms with Gasteiger partial charge in [-0.3, -0.25) is 0 Å². The fourth-order valence-electron chi connectivity index (χ4n) is 1.06. The molecule has 0 saturated carbocycles. The van der Waals surface area contributed by atoms with Crippen molar-refractivity contribution in [2.45, 2.75) is 0 Å². The fraction of sp³-hybridized carbons (Fsp3) is 0.125. The Labute approximate surface area is 78.0 Å². The van der Waals surface area contributed by atoms with E-state index >= 15 is 0 Å². The van der Waals surface area contributed by atoms with Crippen LogP contribution < -0.4 is 9.47 Å². The summed E-state index contributed by atoms with van der Waals surface area (Å²) >= 11 is 5.57. The fourth-order valence-corrected chi connectivity index (χ4v) is 1.29. The van der Waals surface area contributed by atoms with Crippen molar-refractivity contribution in [1.82, 2.24) is 0 Å². The van der Waals surface area contributed by atoms with Crippen LogP contribution in [0.3, 0.4) is 0 Å². The Hall–Kier alpha value is -1.03. The zero-order valence-corrected chi connectivity index (χ0v) is 7.07. The number of hydrogen-bond acceptors (Lipinski definition) is 2. The zero-order chi connectivity index (χ0) is 9.42. The summed E-state index contributed by atoms with van der Waals surface area (Å²) in [6.07, 6.45) is -1.83. The molecule has 0 N–H and O–H groups in total. The summed E-state index contributed by atoms with van der Waals surface area (Å²) in [5, 5.41) is -0.0377. The van der Waals surface area contributed by atoms with Crippen LogP contribution in [0.1, 0.15) is 5.56 Å². The lowest BCUT2D eigenvalue weighted by Gasteiger charge is -2.02. The Balaban J connectivity index is 2.49. The Morgan fingerprint density at radius 1 is 1.23 bits per heavy atom. The molecule has 2 nitrogen and oxygen atoms in total. The Morgan fingerprint density at radius 2 is 1.85 bits per heavy atom. The van der Waals surface area contributed by atoms with Crippen molar-refractivity contribution in [3.05, 3.63) is 29.1 Å². The van der Waals surface area contributed by atoms with Gasteiger partial charge in [0.25, 0.3) is 0 Å². The van der Waals surface area contributed by atoms with Crippen molar-refractivity contribution >= 4 is 11.6 Å². The summed E-state index contributed by atoms with van der Waals surface area (Å²) in [6, 6.07) is 2.48. The number of ether oxygens (including phenoxy) is 2. The molecule has 69 valence electrons. The number of fused-ring (bicyclic) bond motifs is 1. The molecule has 13 heavy (non-hydrogen) atoms. The van der Waals surface area contributed by atoms with Gasteiger partial charge in [-0.25, -0.2) is 0 Å². The van der Waals surface area contributed by atoms with Crippen molar-refractivity contribution in [3.63, 3.8) is 0 Å². The first-order valence-corrected chi connectivity index (χ1v) is 3.84. The molecule has 0 aromatic heterocycles. The number of benzene rings is 1. The lowest BCUT2D eigenvalue weighted by Crippen LogP contribution is -1.92. The van der Waals surface area contributed by atoms with Crippen LogP contribution in [0, 0.1) is 6.43 Å². The van der Waals surface area contributed by atoms with E-state index in [1.54, 1.807) is 0 Å². The highest BCUT2D eigenvalue weighted by Gasteiger charge is 2.21. The second-order valence-corrected chi connectivity index (χ2v) is 2.85. The molecule has 0 aliphatic carbocycles. The zero-order valence-electron chi connectivity index (χ0n) is 6.31. The summed E-state index contributed by atoms with van der Waals surface area (Å²) in [6.45, 7) is 0.0447. The number of halogens is 3. The van der Waals surface area contributed by atoms with Crippen molar-refractivity contribution in [2.24, 2.45) is 0 Å². The second-order valence-electron chi connectivity index (χ2n) is 2.45. The Kier molecular flexibility index (Phi) is 2.00. The van der Waals surface area contributed by atoms with E-state index in [2.05, 4.69) is 0 Å². The van der Waals surface area contributed by atoms with Gasteiger partial charge in [-0.15, -0.1) is 0 Å². The van der Waals surface area contributed by atoms with Crippen LogP contribution in [0.4, 0.5) is 8.78 Å². The van der Waals surface area contributed by atoms with Gasteiger partial charge in [-0.2, -0.15) is 8.78 Å². The molecule has 0 amide bonds. The second kappa shape index (κ2) is 3.03. The molecule has 0 fully saturated rings. The SMILES string of the molecule is F[C](F)c1cc2c(cc1Cl)OCO2. The average Bonchev–Trinajstić information content (AvgIpc) is 2.48. The minimum absolute atomic E-state index is 0.0377. The molecule has 0 unspecified atom stereocenters. The molecular weight excluding hydrogens is 202 g/mol. The summed E-state index contributed by atoms with van der Waals surface area (Å²) in [5.74, 6) is 0.696. The van der Waals surface area contributed by atoms with E-state index in [1.165, 1.54) is 12.1 Å². The first-order valence-electron chi connectivity index (χ1n) is 3.46. The molecule has 1 aliphatic rings. The van der Waals surface area contributed by atoms with E-state index in [-0.39, 0.29) is 17.4 Å². The average molecular weight is 206 g/mol. The standard InChI is InChI=1S/C8H4ClF2O2/c9-5-2-7-6(12-3-13-7)1-4(5)8(10)11/h1-2H,3H2. The molecule has 0 spiro atoms. The van der Waals surface area contributed by atoms with Crippen LogP contribution in [0.15, 0.2) is 12.1 Å². The normalized spacial score (nSPS) is 13.8. The van der Waals surface area contributed by atoms with Crippen molar-refractivity contribution < 1.29 is 18.3 Å². The van der Waals surface area contributed by atoms with Gasteiger partial charge < -0.3 is 9.47 Å². The molecule has 1 radical (unpaired) electrons. The third-order valence-corrected chi connectivity index (χ3v) is 1.98. The van der Waals surface area contributed by atoms with Crippen LogP contribution in [-0.2, 0) is 0 Å². The molecular formula is C8H4ClF2O2. The quantitative estimate of drug-likeness (QED) is 0.702. The van der Waals surface area contributed by atoms with Gasteiger partial charge in [0, 0.05) is 6.07 Å². The third-order valence-electron chi connectivity index (χ3n) is 1.67. The van der Waals surface area contributed by atoms with Gasteiger partial charge >= 0.3 is 6.43 Å². The molecule has 5 heteroatoms. The lowest BCUT2D eigenvalue weighted by molar-refractivity contribution is 0.174. The van der Waals surface area contributed by atoms with E-state index in [1.807, 2.05) is 0 Å². The van der Waals surface area contributed by atoms with Gasteiger partial charge in [0.15, 0.2) is 11.5 Å². The molecule has 1 aromatic carbocycles. The van der Waals surface area contributed by atoms with Crippen LogP contribution in [0.5, 0.6) is 11.5 Å². The van der Waals surface area contributed by atoms with Crippen LogP contribution in [0.2, 0.25) is 5.02 Å². The third kappa shape index (κ3) is 1.42. The predicted octanol–water partition coefficient (Wildman–Crippen LogP) is 2.85. The molecule has 0 atom stereocenters. The summed E-state index contributed by atoms with van der Waals surface area (Å²) in [5.41, 5.74) is -0.314. The van der Waals surface area contributed by atoms with E-state index in [0.717, 1.165) is 0 Å². The van der Waals surface area contributed by atoms with E-state index in [0.29, 0.717) is 11.5 Å². The maximum atomic E-state index is 12.2. The minimum atomic E-state index is -1.83. The van der Waals surface area contributed by atoms with Gasteiger partial charge in [-0.1, -0.05) is 11.6 Å². The monoisotopic (exact) mass is 205 g/mol. The van der Waals surface area contributed by atoms with Crippen molar-refractivity contribution in [2.75, 3.05) is 6.79 Å². The van der Waals surface area contributed by atoms with Crippen LogP contribution in [0.25, 0.3) is 0 Å². The highest BCUT2D eigenvalue weighted by molar-refractivity contribution is 6.31. The first kappa shape index (κ1) is 8.56. The lowest BCUT2D eigenvalue weighted by atomic mass is 10.2. The van der Waals surface area contributed by atoms with Crippen molar-refractivity contribution in [3.8, 4) is 11.5 Å². The topological polar surface area (TPSA) is 18.5 Å². The number of rotatable bonds is 1. The van der Waals surface area contributed by atoms with Gasteiger partial charge in [0.1, 0.15) is 0 Å². The maximum Gasteiger partial charge on any atom is 0.341 e. The molecule has 0 saturated heterocycles. The van der Waals surface area contributed by atoms with Gasteiger partial charge in [0.05, 0.1) is 10.6 Å². The minimum Gasteiger partial charge on any atom is -0.454 e. The Bertz CT molecular complexity index is 341. The van der Waals surface area contributed by atoms with Gasteiger partial charge in [0.2, 0.25) is 6.79 Å². The van der Waals surface area contributed by atoms with E-state index < -0.39 is 6.43 Å². The highest BCUT2D eigenvalue weighted by atomic mass is 35.5. The Morgan fingerprint density at radius 3 is 2.46 bits per heavy atom. The predicted molar refractivity (Wildman–Crippen MR) is 42.1 cm³/mol. The smallest absolute Gasteiger partial charge is 0.341 e. The van der Waals surface area contributed by atoms with Crippen molar-refractivity contribution in [1.29, 1.82) is 0 Å². The first-order chi connectivity index (χ1) is 6.18. The highest BCUT2D eigenvalue weighted by Crippen LogP contribution is 2.39. The molecule has 2 rings (SSSR count). The summed E-state index contributed by atoms with van der Waals surface area (Å²) in [7, 11) is 0. The van der Waals surface area contributed by atoms with E-state index in [4.69, 9.17) is 21.1 Å². The summed E-state index contributed by atoms with van der Waals surface area (Å²) < 4.78 is 34.3. The molecule has 1 heterocycles. The molecule has 0 bridgehead atoms. The maximum absolute atomic E-state index is 12.2. The van der Waals surface area contributed by atoms with Gasteiger partial charge in [-0.05, 0) is 6.07 Å². The summed E-state index contributed by atoms with van der Waals surface area (Å²) in [4.78, 5) is 0. The largest absolute Gasteiger partial charge is 0.454 e. The number of hydrogen-bond donors (Lipinski definition) is 0. The van der Waals surface area contributed by atoms with E-state index in [9.17, 15) is 8.78 Å². The molecule has 1 aliphatic heterocycles. The van der Waals surface area contributed by atoms with Crippen LogP contribution in [-0.4, -0.2) is 6.79 Å². The molecule has 1 aromatic rings.